The molecule has 2 heterocycles. The standard InChI is InChI=1S/C17H29N3O3S2/c1-13(2)17(3,12-18)19-15(21)11-14-7-8-16(24-14)25(22,23)20-9-5-4-6-10-20/h7-8,13H,4-6,9-12,18H2,1-3H3,(H,19,21). The molecule has 1 amide bonds. The lowest BCUT2D eigenvalue weighted by molar-refractivity contribution is -0.122. The maximum Gasteiger partial charge on any atom is 0.252 e. The molecule has 2 rings (SSSR count). The van der Waals surface area contributed by atoms with Gasteiger partial charge in [-0.3, -0.25) is 4.79 Å². The van der Waals surface area contributed by atoms with Gasteiger partial charge in [-0.05, 0) is 37.8 Å². The van der Waals surface area contributed by atoms with Crippen molar-refractivity contribution < 1.29 is 13.2 Å². The van der Waals surface area contributed by atoms with E-state index in [0.717, 1.165) is 24.1 Å². The van der Waals surface area contributed by atoms with E-state index in [4.69, 9.17) is 5.73 Å². The van der Waals surface area contributed by atoms with Gasteiger partial charge < -0.3 is 11.1 Å². The van der Waals surface area contributed by atoms with Gasteiger partial charge in [0.1, 0.15) is 4.21 Å². The van der Waals surface area contributed by atoms with Crippen LogP contribution < -0.4 is 11.1 Å². The van der Waals surface area contributed by atoms with Crippen LogP contribution in [0.2, 0.25) is 0 Å². The van der Waals surface area contributed by atoms with Gasteiger partial charge >= 0.3 is 0 Å². The summed E-state index contributed by atoms with van der Waals surface area (Å²) in [5.41, 5.74) is 5.34. The van der Waals surface area contributed by atoms with Crippen molar-refractivity contribution in [3.8, 4) is 0 Å². The van der Waals surface area contributed by atoms with Crippen molar-refractivity contribution in [2.24, 2.45) is 11.7 Å². The van der Waals surface area contributed by atoms with Gasteiger partial charge in [-0.25, -0.2) is 8.42 Å². The van der Waals surface area contributed by atoms with Crippen molar-refractivity contribution in [1.29, 1.82) is 0 Å². The molecule has 25 heavy (non-hydrogen) atoms. The smallest absolute Gasteiger partial charge is 0.252 e. The minimum Gasteiger partial charge on any atom is -0.349 e. The summed E-state index contributed by atoms with van der Waals surface area (Å²) in [4.78, 5) is 13.1. The maximum absolute atomic E-state index is 12.7. The second-order valence-electron chi connectivity index (χ2n) is 7.19. The van der Waals surface area contributed by atoms with Gasteiger partial charge in [0, 0.05) is 24.5 Å². The highest BCUT2D eigenvalue weighted by Crippen LogP contribution is 2.27. The fourth-order valence-corrected chi connectivity index (χ4v) is 5.80. The molecule has 142 valence electrons. The molecule has 0 saturated carbocycles. The molecule has 3 N–H and O–H groups in total. The van der Waals surface area contributed by atoms with E-state index in [1.165, 1.54) is 11.3 Å². The highest BCUT2D eigenvalue weighted by atomic mass is 32.2. The zero-order valence-electron chi connectivity index (χ0n) is 15.2. The first kappa shape index (κ1) is 20.4. The first-order valence-electron chi connectivity index (χ1n) is 8.79. The van der Waals surface area contributed by atoms with Crippen molar-refractivity contribution in [2.45, 2.75) is 56.2 Å². The van der Waals surface area contributed by atoms with E-state index in [1.807, 2.05) is 20.8 Å². The van der Waals surface area contributed by atoms with E-state index in [-0.39, 0.29) is 18.2 Å². The molecule has 1 aromatic rings. The van der Waals surface area contributed by atoms with E-state index in [2.05, 4.69) is 5.32 Å². The summed E-state index contributed by atoms with van der Waals surface area (Å²) >= 11 is 1.18. The Morgan fingerprint density at radius 3 is 2.52 bits per heavy atom. The Morgan fingerprint density at radius 1 is 1.32 bits per heavy atom. The summed E-state index contributed by atoms with van der Waals surface area (Å²) in [5.74, 6) is 0.0743. The lowest BCUT2D eigenvalue weighted by Crippen LogP contribution is -2.55. The van der Waals surface area contributed by atoms with Crippen LogP contribution in [0.1, 0.15) is 44.9 Å². The number of nitrogens with zero attached hydrogens (tertiary/aromatic N) is 1. The van der Waals surface area contributed by atoms with Gasteiger partial charge in [-0.2, -0.15) is 4.31 Å². The van der Waals surface area contributed by atoms with Crippen molar-refractivity contribution in [1.82, 2.24) is 9.62 Å². The molecule has 1 saturated heterocycles. The highest BCUT2D eigenvalue weighted by Gasteiger charge is 2.30. The molecule has 0 aromatic carbocycles. The third kappa shape index (κ3) is 4.81. The molecule has 0 radical (unpaired) electrons. The highest BCUT2D eigenvalue weighted by molar-refractivity contribution is 7.91. The van der Waals surface area contributed by atoms with Gasteiger partial charge in [0.25, 0.3) is 10.0 Å². The fourth-order valence-electron chi connectivity index (χ4n) is 2.78. The van der Waals surface area contributed by atoms with Gasteiger partial charge in [0.05, 0.1) is 12.0 Å². The van der Waals surface area contributed by atoms with Gasteiger partial charge in [-0.1, -0.05) is 20.3 Å². The van der Waals surface area contributed by atoms with Crippen molar-refractivity contribution in [2.75, 3.05) is 19.6 Å². The molecular weight excluding hydrogens is 358 g/mol. The molecule has 1 aromatic heterocycles. The molecule has 1 atom stereocenters. The molecular formula is C17H29N3O3S2. The van der Waals surface area contributed by atoms with Crippen LogP contribution in [-0.4, -0.2) is 43.8 Å². The van der Waals surface area contributed by atoms with Gasteiger partial charge in [0.2, 0.25) is 5.91 Å². The molecule has 1 aliphatic rings. The van der Waals surface area contributed by atoms with Crippen LogP contribution in [0.25, 0.3) is 0 Å². The van der Waals surface area contributed by atoms with E-state index in [0.29, 0.717) is 23.8 Å². The minimum atomic E-state index is -3.43. The molecule has 6 nitrogen and oxygen atoms in total. The average molecular weight is 388 g/mol. The van der Waals surface area contributed by atoms with E-state index in [1.54, 1.807) is 16.4 Å². The number of thiophene rings is 1. The lowest BCUT2D eigenvalue weighted by Gasteiger charge is -2.33. The first-order valence-corrected chi connectivity index (χ1v) is 11.0. The largest absolute Gasteiger partial charge is 0.349 e. The number of nitrogens with two attached hydrogens (primary N) is 1. The number of amides is 1. The molecule has 8 heteroatoms. The number of hydrogen-bond acceptors (Lipinski definition) is 5. The Bertz CT molecular complexity index is 694. The Balaban J connectivity index is 2.05. The number of nitrogens with one attached hydrogen (secondary N) is 1. The SMILES string of the molecule is CC(C)C(C)(CN)NC(=O)Cc1ccc(S(=O)(=O)N2CCCCC2)s1. The molecule has 1 unspecified atom stereocenters. The van der Waals surface area contributed by atoms with Crippen molar-refractivity contribution in [3.63, 3.8) is 0 Å². The number of carbonyl (C=O) groups is 1. The van der Waals surface area contributed by atoms with Crippen LogP contribution in [0, 0.1) is 5.92 Å². The monoisotopic (exact) mass is 387 g/mol. The van der Waals surface area contributed by atoms with Crippen LogP contribution >= 0.6 is 11.3 Å². The average Bonchev–Trinajstić information content (AvgIpc) is 3.04. The van der Waals surface area contributed by atoms with Gasteiger partial charge in [0.15, 0.2) is 0 Å². The van der Waals surface area contributed by atoms with Gasteiger partial charge in [-0.15, -0.1) is 11.3 Å². The molecule has 0 spiro atoms. The summed E-state index contributed by atoms with van der Waals surface area (Å²) in [7, 11) is -3.43. The second-order valence-corrected chi connectivity index (χ2v) is 10.5. The Kier molecular flexibility index (Phi) is 6.64. The summed E-state index contributed by atoms with van der Waals surface area (Å²) in [6.45, 7) is 7.48. The third-order valence-corrected chi connectivity index (χ3v) is 8.46. The molecule has 0 bridgehead atoms. The summed E-state index contributed by atoms with van der Waals surface area (Å²) in [5, 5.41) is 2.99. The zero-order chi connectivity index (χ0) is 18.7. The van der Waals surface area contributed by atoms with Crippen LogP contribution in [0.15, 0.2) is 16.3 Å². The third-order valence-electron chi connectivity index (χ3n) is 5.00. The zero-order valence-corrected chi connectivity index (χ0v) is 16.9. The quantitative estimate of drug-likeness (QED) is 0.748. The van der Waals surface area contributed by atoms with Crippen molar-refractivity contribution >= 4 is 27.3 Å². The molecule has 1 fully saturated rings. The molecule has 0 aliphatic carbocycles. The van der Waals surface area contributed by atoms with Crippen LogP contribution in [0.5, 0.6) is 0 Å². The fraction of sp³-hybridized carbons (Fsp3) is 0.706. The predicted molar refractivity (Wildman–Crippen MR) is 101 cm³/mol. The van der Waals surface area contributed by atoms with E-state index in [9.17, 15) is 13.2 Å². The Labute approximate surface area is 154 Å². The molecule has 1 aliphatic heterocycles. The number of sulfonamides is 1. The second kappa shape index (κ2) is 8.16. The summed E-state index contributed by atoms with van der Waals surface area (Å²) < 4.78 is 27.2. The normalized spacial score (nSPS) is 18.9. The number of piperidine rings is 1. The topological polar surface area (TPSA) is 92.5 Å². The summed E-state index contributed by atoms with van der Waals surface area (Å²) in [6, 6.07) is 3.35. The van der Waals surface area contributed by atoms with Crippen LogP contribution in [0.4, 0.5) is 0 Å². The van der Waals surface area contributed by atoms with Crippen LogP contribution in [-0.2, 0) is 21.2 Å². The Morgan fingerprint density at radius 2 is 1.96 bits per heavy atom. The number of rotatable bonds is 7. The van der Waals surface area contributed by atoms with E-state index < -0.39 is 15.6 Å². The number of hydrogen-bond donors (Lipinski definition) is 2. The lowest BCUT2D eigenvalue weighted by atomic mass is 9.88. The summed E-state index contributed by atoms with van der Waals surface area (Å²) in [6.07, 6.45) is 3.07. The van der Waals surface area contributed by atoms with Crippen molar-refractivity contribution in [3.05, 3.63) is 17.0 Å². The first-order chi connectivity index (χ1) is 11.7. The van der Waals surface area contributed by atoms with Crippen LogP contribution in [0.3, 0.4) is 0 Å². The van der Waals surface area contributed by atoms with E-state index >= 15 is 0 Å². The maximum atomic E-state index is 12.7. The number of carbonyl (C=O) groups excluding carboxylic acids is 1. The minimum absolute atomic E-state index is 0.134. The predicted octanol–water partition coefficient (Wildman–Crippen LogP) is 1.95. The Hall–Kier alpha value is -0.960.